The molecule has 24 heteroatoms. The number of aryl methyl sites for hydroxylation is 1. The van der Waals surface area contributed by atoms with Gasteiger partial charge in [-0.05, 0) is 139 Å². The first kappa shape index (κ1) is 96.2. The number of rotatable bonds is 8. The normalized spacial score (nSPS) is 11.0. The number of aliphatic hydroxyl groups excluding tert-OH is 4. The maximum Gasteiger partial charge on any atom is 0.224 e. The number of aliphatic hydroxyl groups is 4. The maximum absolute atomic E-state index is 13.6. The van der Waals surface area contributed by atoms with Crippen LogP contribution < -0.4 is 4.57 Å². The van der Waals surface area contributed by atoms with Crippen molar-refractivity contribution in [3.8, 4) is 56.3 Å². The van der Waals surface area contributed by atoms with E-state index >= 15 is 0 Å². The number of pyridine rings is 5. The standard InChI is InChI=1S/C17H16NO.2C14H10NO.C13H6F2NO.C13H8NO.4C5H8O2.4Ir/c1-17(2,3)13-6-4-12(5-7-13)16-14-9-11-19-15(14)8-10-18-16;1-2-4-11-10(3-1)9-15-7-5-13-12(14(11)15)6-8-16-13;1-10-2-4-11(5-3-10)14-12-7-9-16-13(12)6-8-15-14;14-8-1-2-9(11(15)7-8)13-10-4-6-17-12(10)3-5-16-13;1-2-4-10(5-3-1)13-11-7-9-15-12(11)6-8-14-13;4*1-4(6)3-5(2)7;;;;/h4,6-11H,1-3H3;1-8H,9H2;2-4,6-9H,1H3;1,3-7H;1-4,6-9H;4*3,6H,1-2H3;;;;/q-1;+1;3*-1;;;;;;;;. The summed E-state index contributed by atoms with van der Waals surface area (Å²) in [5.41, 5.74) is 17.0. The minimum Gasteiger partial charge on any atom is -0.512 e. The number of carbonyl (C=O) groups excluding carboxylic acids is 4. The van der Waals surface area contributed by atoms with E-state index in [0.29, 0.717) is 16.7 Å². The predicted molar refractivity (Wildman–Crippen MR) is 426 cm³/mol. The Morgan fingerprint density at radius 3 is 1.18 bits per heavy atom. The molecular formula is C91H82F2Ir4N5O13-3. The van der Waals surface area contributed by atoms with E-state index in [0.717, 1.165) is 90.9 Å². The number of halogens is 2. The van der Waals surface area contributed by atoms with Crippen molar-refractivity contribution < 1.29 is 155 Å². The number of benzene rings is 5. The van der Waals surface area contributed by atoms with Gasteiger partial charge in [0.2, 0.25) is 5.69 Å². The molecule has 18 nitrogen and oxygen atoms in total. The number of ketones is 4. The zero-order valence-electron chi connectivity index (χ0n) is 64.6. The zero-order chi connectivity index (χ0) is 80.3. The molecule has 0 saturated carbocycles. The minimum atomic E-state index is -0.689. The van der Waals surface area contributed by atoms with Crippen LogP contribution in [0.25, 0.3) is 111 Å². The Bertz CT molecular complexity index is 5670. The maximum atomic E-state index is 13.6. The average Bonchev–Trinajstić information content (AvgIpc) is 1.61. The largest absolute Gasteiger partial charge is 0.512 e. The van der Waals surface area contributed by atoms with Gasteiger partial charge in [0.05, 0.1) is 65.3 Å². The monoisotopic (exact) mass is 2260 g/mol. The number of nitrogens with zero attached hydrogens (tertiary/aromatic N) is 5. The quantitative estimate of drug-likeness (QED) is 0.0476. The molecule has 5 aromatic carbocycles. The van der Waals surface area contributed by atoms with Gasteiger partial charge in [0.15, 0.2) is 35.9 Å². The molecule has 1 aliphatic heterocycles. The third-order valence-electron chi connectivity index (χ3n) is 15.6. The van der Waals surface area contributed by atoms with Crippen molar-refractivity contribution >= 4 is 78.0 Å². The topological polar surface area (TPSA) is 270 Å². The molecule has 11 heterocycles. The molecule has 4 N–H and O–H groups in total. The van der Waals surface area contributed by atoms with Crippen molar-refractivity contribution in [3.05, 3.63) is 320 Å². The second-order valence-electron chi connectivity index (χ2n) is 26.0. The summed E-state index contributed by atoms with van der Waals surface area (Å²) in [4.78, 5) is 57.4. The van der Waals surface area contributed by atoms with Crippen LogP contribution in [-0.2, 0) is 112 Å². The summed E-state index contributed by atoms with van der Waals surface area (Å²) in [5, 5.41) is 38.4. The van der Waals surface area contributed by atoms with E-state index in [4.69, 9.17) is 42.5 Å². The van der Waals surface area contributed by atoms with Crippen molar-refractivity contribution in [2.24, 2.45) is 0 Å². The van der Waals surface area contributed by atoms with E-state index in [1.807, 2.05) is 91.9 Å². The first-order valence-corrected chi connectivity index (χ1v) is 34.7. The van der Waals surface area contributed by atoms with E-state index in [1.54, 1.807) is 55.8 Å². The van der Waals surface area contributed by atoms with Crippen LogP contribution in [0.5, 0.6) is 0 Å². The second-order valence-corrected chi connectivity index (χ2v) is 26.0. The summed E-state index contributed by atoms with van der Waals surface area (Å²) < 4.78 is 55.4. The smallest absolute Gasteiger partial charge is 0.224 e. The summed E-state index contributed by atoms with van der Waals surface area (Å²) in [5.74, 6) is -1.60. The Balaban J connectivity index is 0.000000278. The van der Waals surface area contributed by atoms with Gasteiger partial charge >= 0.3 is 0 Å². The Morgan fingerprint density at radius 2 is 0.817 bits per heavy atom. The SMILES string of the molecule is CC(=O)C=C(C)O.CC(=O)C=C(C)O.CC(=O)C=C(C)O.CC(=O)C=C(C)O.CC(C)(C)c1c[c-]c(-c2nccc3occc23)cc1.Cc1c[c-]c(-c2nccc3occc23)cc1.Fc1c[c-]c(-c2nccc3occc23)c(F)c1.[Ir].[Ir].[Ir].[Ir].[c-]1ccccc1-c1nccc2occc12.c1ccc2c(c1)C[n+]1ccc3occc3c1-2. The van der Waals surface area contributed by atoms with Gasteiger partial charge in [-0.3, -0.25) is 28.0 Å². The number of furan rings is 5. The van der Waals surface area contributed by atoms with Gasteiger partial charge in [0.25, 0.3) is 0 Å². The van der Waals surface area contributed by atoms with Crippen molar-refractivity contribution in [3.63, 3.8) is 0 Å². The van der Waals surface area contributed by atoms with Gasteiger partial charge in [-0.25, -0.2) is 0 Å². The van der Waals surface area contributed by atoms with Gasteiger partial charge in [0, 0.05) is 180 Å². The van der Waals surface area contributed by atoms with Crippen molar-refractivity contribution in [1.29, 1.82) is 0 Å². The van der Waals surface area contributed by atoms with Crippen LogP contribution in [0.1, 0.15) is 92.9 Å². The molecule has 16 rings (SSSR count). The predicted octanol–water partition coefficient (Wildman–Crippen LogP) is 22.0. The molecule has 1 aliphatic rings. The Morgan fingerprint density at radius 1 is 0.435 bits per heavy atom. The van der Waals surface area contributed by atoms with Crippen LogP contribution in [0, 0.1) is 42.8 Å². The number of allylic oxidation sites excluding steroid dienone is 8. The average molecular weight is 2260 g/mol. The Kier molecular flexibility index (Phi) is 39.2. The molecule has 602 valence electrons. The summed E-state index contributed by atoms with van der Waals surface area (Å²) in [6.45, 7) is 21.0. The van der Waals surface area contributed by atoms with Crippen LogP contribution in [0.15, 0.2) is 289 Å². The van der Waals surface area contributed by atoms with Crippen molar-refractivity contribution in [2.75, 3.05) is 0 Å². The van der Waals surface area contributed by atoms with Crippen molar-refractivity contribution in [2.45, 2.75) is 95.0 Å². The fourth-order valence-corrected chi connectivity index (χ4v) is 11.0. The van der Waals surface area contributed by atoms with Crippen LogP contribution in [-0.4, -0.2) is 63.5 Å². The molecule has 0 atom stereocenters. The van der Waals surface area contributed by atoms with Crippen LogP contribution in [0.2, 0.25) is 0 Å². The van der Waals surface area contributed by atoms with E-state index < -0.39 is 11.6 Å². The molecule has 0 aliphatic carbocycles. The van der Waals surface area contributed by atoms with Gasteiger partial charge in [0.1, 0.15) is 27.9 Å². The molecule has 4 radical (unpaired) electrons. The molecule has 0 fully saturated rings. The number of fused-ring (bicyclic) bond motifs is 9. The minimum absolute atomic E-state index is 0. The van der Waals surface area contributed by atoms with E-state index in [-0.39, 0.29) is 138 Å². The first-order valence-electron chi connectivity index (χ1n) is 34.7. The summed E-state index contributed by atoms with van der Waals surface area (Å²) in [6, 6.07) is 61.7. The molecule has 0 saturated heterocycles. The molecule has 0 amide bonds. The molecule has 0 bridgehead atoms. The van der Waals surface area contributed by atoms with Gasteiger partial charge in [-0.15, -0.1) is 119 Å². The first-order chi connectivity index (χ1) is 53.0. The third kappa shape index (κ3) is 29.0. The molecule has 0 spiro atoms. The summed E-state index contributed by atoms with van der Waals surface area (Å²) in [7, 11) is 0. The fraction of sp³-hybridized carbons (Fsp3) is 0.154. The van der Waals surface area contributed by atoms with E-state index in [9.17, 15) is 28.0 Å². The molecule has 0 unspecified atom stereocenters. The molecule has 10 aromatic heterocycles. The number of carbonyl (C=O) groups is 4. The van der Waals surface area contributed by atoms with Crippen LogP contribution in [0.4, 0.5) is 8.78 Å². The van der Waals surface area contributed by atoms with Gasteiger partial charge in [-0.1, -0.05) is 57.5 Å². The second kappa shape index (κ2) is 46.9. The Labute approximate surface area is 718 Å². The van der Waals surface area contributed by atoms with Crippen LogP contribution in [0.3, 0.4) is 0 Å². The number of hydrogen-bond donors (Lipinski definition) is 4. The Hall–Kier alpha value is -11.2. The molecule has 115 heavy (non-hydrogen) atoms. The van der Waals surface area contributed by atoms with Gasteiger partial charge < -0.3 is 62.4 Å². The molecular weight excluding hydrogens is 2180 g/mol. The molecule has 15 aromatic rings. The fourth-order valence-electron chi connectivity index (χ4n) is 11.0. The van der Waals surface area contributed by atoms with Crippen molar-refractivity contribution in [1.82, 2.24) is 19.9 Å². The number of aromatic nitrogens is 5. The number of hydrogen-bond acceptors (Lipinski definition) is 17. The summed E-state index contributed by atoms with van der Waals surface area (Å²) in [6.07, 6.45) is 21.9. The summed E-state index contributed by atoms with van der Waals surface area (Å²) >= 11 is 0. The van der Waals surface area contributed by atoms with E-state index in [2.05, 4.69) is 124 Å². The van der Waals surface area contributed by atoms with E-state index in [1.165, 1.54) is 125 Å². The van der Waals surface area contributed by atoms with Crippen LogP contribution >= 0.6 is 0 Å². The third-order valence-corrected chi connectivity index (χ3v) is 15.6. The van der Waals surface area contributed by atoms with Gasteiger partial charge in [-0.2, -0.15) is 4.57 Å². The zero-order valence-corrected chi connectivity index (χ0v) is 74.2.